The Kier molecular flexibility index (Phi) is 4.68. The Morgan fingerprint density at radius 1 is 1.19 bits per heavy atom. The van der Waals surface area contributed by atoms with Gasteiger partial charge in [-0.15, -0.1) is 0 Å². The second-order valence-corrected chi connectivity index (χ2v) is 5.79. The number of nitrogens with two attached hydrogens (primary N) is 1. The van der Waals surface area contributed by atoms with Crippen LogP contribution in [0.2, 0.25) is 0 Å². The molecule has 0 aliphatic carbocycles. The van der Waals surface area contributed by atoms with Crippen molar-refractivity contribution < 1.29 is 4.74 Å². The van der Waals surface area contributed by atoms with E-state index in [0.29, 0.717) is 0 Å². The highest BCUT2D eigenvalue weighted by atomic mass is 16.5. The molecule has 0 radical (unpaired) electrons. The van der Waals surface area contributed by atoms with Gasteiger partial charge >= 0.3 is 0 Å². The third-order valence-corrected chi connectivity index (χ3v) is 3.69. The molecule has 2 N–H and O–H groups in total. The molecule has 21 heavy (non-hydrogen) atoms. The number of nitrogens with zero attached hydrogens (tertiary/aromatic N) is 2. The van der Waals surface area contributed by atoms with Gasteiger partial charge < -0.3 is 10.5 Å². The largest absolute Gasteiger partial charge is 0.439 e. The van der Waals surface area contributed by atoms with Gasteiger partial charge in [-0.25, -0.2) is 4.68 Å². The summed E-state index contributed by atoms with van der Waals surface area (Å²) in [5.74, 6) is 1.64. The molecular formula is C17H25N3O. The van der Waals surface area contributed by atoms with E-state index in [1.165, 1.54) is 11.1 Å². The smallest absolute Gasteiger partial charge is 0.221 e. The molecular weight excluding hydrogens is 262 g/mol. The average Bonchev–Trinajstić information content (AvgIpc) is 2.64. The molecule has 2 aromatic rings. The molecule has 0 bridgehead atoms. The van der Waals surface area contributed by atoms with Gasteiger partial charge in [-0.1, -0.05) is 13.0 Å². The van der Waals surface area contributed by atoms with Crippen molar-refractivity contribution in [2.24, 2.45) is 12.8 Å². The number of rotatable bonds is 5. The van der Waals surface area contributed by atoms with Crippen LogP contribution in [0.15, 0.2) is 18.2 Å². The fourth-order valence-electron chi connectivity index (χ4n) is 2.55. The molecule has 2 rings (SSSR count). The van der Waals surface area contributed by atoms with Crippen LogP contribution in [0.1, 0.15) is 35.7 Å². The summed E-state index contributed by atoms with van der Waals surface area (Å²) in [6.07, 6.45) is 1.73. The molecule has 1 aromatic carbocycles. The number of ether oxygens (including phenoxy) is 1. The molecule has 0 spiro atoms. The summed E-state index contributed by atoms with van der Waals surface area (Å²) in [4.78, 5) is 0. The van der Waals surface area contributed by atoms with Crippen LogP contribution in [0.5, 0.6) is 11.6 Å². The molecule has 0 amide bonds. The predicted octanol–water partition coefficient (Wildman–Crippen LogP) is 3.42. The summed E-state index contributed by atoms with van der Waals surface area (Å²) in [6.45, 7) is 8.25. The minimum atomic E-state index is 0.134. The van der Waals surface area contributed by atoms with Crippen molar-refractivity contribution >= 4 is 0 Å². The van der Waals surface area contributed by atoms with E-state index < -0.39 is 0 Å². The molecule has 1 unspecified atom stereocenters. The van der Waals surface area contributed by atoms with Gasteiger partial charge in [0.2, 0.25) is 5.88 Å². The van der Waals surface area contributed by atoms with Crippen LogP contribution in [0.25, 0.3) is 0 Å². The maximum atomic E-state index is 6.11. The van der Waals surface area contributed by atoms with Gasteiger partial charge in [-0.2, -0.15) is 5.10 Å². The van der Waals surface area contributed by atoms with Gasteiger partial charge in [-0.05, 0) is 56.9 Å². The molecule has 1 atom stereocenters. The molecule has 0 saturated carbocycles. The van der Waals surface area contributed by atoms with Crippen molar-refractivity contribution in [2.75, 3.05) is 0 Å². The van der Waals surface area contributed by atoms with Gasteiger partial charge in [-0.3, -0.25) is 0 Å². The highest BCUT2D eigenvalue weighted by molar-refractivity contribution is 5.39. The summed E-state index contributed by atoms with van der Waals surface area (Å²) in [5, 5.41) is 4.48. The van der Waals surface area contributed by atoms with Crippen molar-refractivity contribution in [1.29, 1.82) is 0 Å². The van der Waals surface area contributed by atoms with Crippen molar-refractivity contribution in [3.05, 3.63) is 40.6 Å². The second-order valence-electron chi connectivity index (χ2n) is 5.79. The van der Waals surface area contributed by atoms with Crippen LogP contribution in [0.3, 0.4) is 0 Å². The second kappa shape index (κ2) is 6.31. The van der Waals surface area contributed by atoms with E-state index in [9.17, 15) is 0 Å². The van der Waals surface area contributed by atoms with Crippen LogP contribution < -0.4 is 10.5 Å². The standard InChI is InChI=1S/C17H25N3O/c1-6-14(18)10-16-13(4)19-20(5)17(16)21-15-8-11(2)7-12(3)9-15/h7-9,14H,6,10,18H2,1-5H3. The average molecular weight is 287 g/mol. The SMILES string of the molecule is CCC(N)Cc1c(C)nn(C)c1Oc1cc(C)cc(C)c1. The minimum Gasteiger partial charge on any atom is -0.439 e. The normalized spacial score (nSPS) is 12.5. The fraction of sp³-hybridized carbons (Fsp3) is 0.471. The van der Waals surface area contributed by atoms with Crippen LogP contribution in [0.4, 0.5) is 0 Å². The van der Waals surface area contributed by atoms with Gasteiger partial charge in [0, 0.05) is 18.7 Å². The Morgan fingerprint density at radius 3 is 2.38 bits per heavy atom. The summed E-state index contributed by atoms with van der Waals surface area (Å²) in [5.41, 5.74) is 10.6. The zero-order valence-corrected chi connectivity index (χ0v) is 13.6. The number of benzene rings is 1. The van der Waals surface area contributed by atoms with Crippen molar-refractivity contribution in [3.63, 3.8) is 0 Å². The number of aromatic nitrogens is 2. The third kappa shape index (κ3) is 3.64. The summed E-state index contributed by atoms with van der Waals surface area (Å²) in [6, 6.07) is 6.35. The Labute approximate surface area is 126 Å². The first kappa shape index (κ1) is 15.6. The molecule has 0 aliphatic heterocycles. The van der Waals surface area contributed by atoms with E-state index in [1.54, 1.807) is 4.68 Å². The lowest BCUT2D eigenvalue weighted by molar-refractivity contribution is 0.423. The van der Waals surface area contributed by atoms with Gasteiger partial charge in [0.05, 0.1) is 5.69 Å². The lowest BCUT2D eigenvalue weighted by Gasteiger charge is -2.13. The minimum absolute atomic E-state index is 0.134. The van der Waals surface area contributed by atoms with E-state index >= 15 is 0 Å². The lowest BCUT2D eigenvalue weighted by Crippen LogP contribution is -2.21. The first-order chi connectivity index (χ1) is 9.90. The zero-order valence-electron chi connectivity index (χ0n) is 13.6. The maximum Gasteiger partial charge on any atom is 0.221 e. The monoisotopic (exact) mass is 287 g/mol. The lowest BCUT2D eigenvalue weighted by atomic mass is 10.1. The fourth-order valence-corrected chi connectivity index (χ4v) is 2.55. The molecule has 0 aliphatic rings. The summed E-state index contributed by atoms with van der Waals surface area (Å²) < 4.78 is 7.91. The molecule has 4 nitrogen and oxygen atoms in total. The van der Waals surface area contributed by atoms with E-state index in [0.717, 1.165) is 35.7 Å². The van der Waals surface area contributed by atoms with E-state index in [4.69, 9.17) is 10.5 Å². The van der Waals surface area contributed by atoms with Crippen LogP contribution in [0, 0.1) is 20.8 Å². The first-order valence-corrected chi connectivity index (χ1v) is 7.45. The first-order valence-electron chi connectivity index (χ1n) is 7.45. The number of aryl methyl sites for hydroxylation is 4. The maximum absolute atomic E-state index is 6.11. The highest BCUT2D eigenvalue weighted by Gasteiger charge is 2.17. The Morgan fingerprint density at radius 2 is 1.81 bits per heavy atom. The van der Waals surface area contributed by atoms with Gasteiger partial charge in [0.1, 0.15) is 5.75 Å². The van der Waals surface area contributed by atoms with E-state index in [1.807, 2.05) is 26.1 Å². The topological polar surface area (TPSA) is 53.1 Å². The third-order valence-electron chi connectivity index (χ3n) is 3.69. The Bertz CT molecular complexity index is 611. The Balaban J connectivity index is 2.34. The zero-order chi connectivity index (χ0) is 15.6. The molecule has 4 heteroatoms. The molecule has 114 valence electrons. The molecule has 1 heterocycles. The summed E-state index contributed by atoms with van der Waals surface area (Å²) >= 11 is 0. The van der Waals surface area contributed by atoms with Crippen LogP contribution in [-0.2, 0) is 13.5 Å². The van der Waals surface area contributed by atoms with Crippen molar-refractivity contribution in [1.82, 2.24) is 9.78 Å². The Hall–Kier alpha value is -1.81. The van der Waals surface area contributed by atoms with E-state index in [-0.39, 0.29) is 6.04 Å². The van der Waals surface area contributed by atoms with Gasteiger partial charge in [0.15, 0.2) is 0 Å². The number of hydrogen-bond donors (Lipinski definition) is 1. The molecule has 0 fully saturated rings. The van der Waals surface area contributed by atoms with Gasteiger partial charge in [0.25, 0.3) is 0 Å². The van der Waals surface area contributed by atoms with Crippen LogP contribution >= 0.6 is 0 Å². The van der Waals surface area contributed by atoms with Crippen molar-refractivity contribution in [2.45, 2.75) is 46.6 Å². The van der Waals surface area contributed by atoms with E-state index in [2.05, 4.69) is 31.9 Å². The molecule has 1 aromatic heterocycles. The predicted molar refractivity (Wildman–Crippen MR) is 85.9 cm³/mol. The molecule has 0 saturated heterocycles. The quantitative estimate of drug-likeness (QED) is 0.916. The summed E-state index contributed by atoms with van der Waals surface area (Å²) in [7, 11) is 1.91. The van der Waals surface area contributed by atoms with Crippen molar-refractivity contribution in [3.8, 4) is 11.6 Å². The van der Waals surface area contributed by atoms with Crippen LogP contribution in [-0.4, -0.2) is 15.8 Å². The highest BCUT2D eigenvalue weighted by Crippen LogP contribution is 2.29. The number of hydrogen-bond acceptors (Lipinski definition) is 3.